The van der Waals surface area contributed by atoms with E-state index in [2.05, 4.69) is 15.0 Å². The summed E-state index contributed by atoms with van der Waals surface area (Å²) in [6.07, 6.45) is 1.90. The molecule has 1 aromatic carbocycles. The van der Waals surface area contributed by atoms with E-state index in [0.29, 0.717) is 17.4 Å². The van der Waals surface area contributed by atoms with Gasteiger partial charge in [-0.3, -0.25) is 0 Å². The highest BCUT2D eigenvalue weighted by atomic mass is 19.4. The first kappa shape index (κ1) is 19.4. The van der Waals surface area contributed by atoms with Gasteiger partial charge >= 0.3 is 6.18 Å². The minimum absolute atomic E-state index is 0.290. The van der Waals surface area contributed by atoms with E-state index in [1.165, 1.54) is 4.57 Å². The lowest BCUT2D eigenvalue weighted by Gasteiger charge is -2.12. The summed E-state index contributed by atoms with van der Waals surface area (Å²) in [4.78, 5) is 12.4. The first-order chi connectivity index (χ1) is 13.9. The number of rotatable bonds is 6. The molecule has 2 heterocycles. The number of aryl methyl sites for hydroxylation is 2. The molecule has 0 N–H and O–H groups in total. The molecular weight excluding hydrogens is 381 g/mol. The Labute approximate surface area is 166 Å². The van der Waals surface area contributed by atoms with Gasteiger partial charge < -0.3 is 9.30 Å². The Morgan fingerprint density at radius 1 is 1.10 bits per heavy atom. The number of hydrogen-bond acceptors (Lipinski definition) is 4. The highest BCUT2D eigenvalue weighted by molar-refractivity contribution is 5.56. The second kappa shape index (κ2) is 7.50. The molecule has 3 aromatic rings. The van der Waals surface area contributed by atoms with Crippen molar-refractivity contribution in [3.8, 4) is 17.3 Å². The fourth-order valence-electron chi connectivity index (χ4n) is 3.49. The van der Waals surface area contributed by atoms with Crippen LogP contribution < -0.4 is 4.74 Å². The standard InChI is InChI=1S/C21H21F3N4O/c1-28-11-17(21(22,23)24)27-19(28)15-6-3-13(4-7-15)5-10-16-18(14-8-9-14)25-12-26-20(16)29-2/h3-4,6-7,11-12,14H,5,8-10H2,1-2H3. The third-order valence-electron chi connectivity index (χ3n) is 5.14. The summed E-state index contributed by atoms with van der Waals surface area (Å²) in [7, 11) is 3.17. The van der Waals surface area contributed by atoms with Crippen molar-refractivity contribution in [1.82, 2.24) is 19.5 Å². The van der Waals surface area contributed by atoms with Gasteiger partial charge in [0.05, 0.1) is 12.8 Å². The predicted octanol–water partition coefficient (Wildman–Crippen LogP) is 4.57. The minimum Gasteiger partial charge on any atom is -0.481 e. The molecule has 29 heavy (non-hydrogen) atoms. The van der Waals surface area contributed by atoms with Crippen molar-refractivity contribution in [3.05, 3.63) is 59.3 Å². The summed E-state index contributed by atoms with van der Waals surface area (Å²) in [5.41, 5.74) is 2.95. The van der Waals surface area contributed by atoms with Gasteiger partial charge in [0.25, 0.3) is 0 Å². The van der Waals surface area contributed by atoms with E-state index in [0.717, 1.165) is 48.7 Å². The number of halogens is 3. The Morgan fingerprint density at radius 3 is 2.41 bits per heavy atom. The monoisotopic (exact) mass is 402 g/mol. The van der Waals surface area contributed by atoms with Gasteiger partial charge in [-0.2, -0.15) is 13.2 Å². The zero-order valence-corrected chi connectivity index (χ0v) is 16.2. The quantitative estimate of drug-likeness (QED) is 0.606. The molecule has 0 amide bonds. The van der Waals surface area contributed by atoms with Gasteiger partial charge in [-0.25, -0.2) is 15.0 Å². The SMILES string of the molecule is COc1ncnc(C2CC2)c1CCc1ccc(-c2nc(C(F)(F)F)cn2C)cc1. The van der Waals surface area contributed by atoms with Crippen LogP contribution in [0.4, 0.5) is 13.2 Å². The van der Waals surface area contributed by atoms with Gasteiger partial charge in [-0.05, 0) is 31.2 Å². The van der Waals surface area contributed by atoms with Crippen LogP contribution in [0, 0.1) is 0 Å². The second-order valence-corrected chi connectivity index (χ2v) is 7.28. The largest absolute Gasteiger partial charge is 0.481 e. The Balaban J connectivity index is 1.51. The fraction of sp³-hybridized carbons (Fsp3) is 0.381. The van der Waals surface area contributed by atoms with Crippen LogP contribution in [-0.2, 0) is 26.1 Å². The molecule has 0 spiro atoms. The van der Waals surface area contributed by atoms with E-state index in [-0.39, 0.29) is 5.82 Å². The molecule has 1 saturated carbocycles. The predicted molar refractivity (Wildman–Crippen MR) is 102 cm³/mol. The highest BCUT2D eigenvalue weighted by Gasteiger charge is 2.34. The molecule has 0 radical (unpaired) electrons. The van der Waals surface area contributed by atoms with Crippen molar-refractivity contribution in [2.24, 2.45) is 7.05 Å². The maximum Gasteiger partial charge on any atom is 0.434 e. The number of imidazole rings is 1. The van der Waals surface area contributed by atoms with Crippen LogP contribution in [0.5, 0.6) is 5.88 Å². The molecular formula is C21H21F3N4O. The molecule has 4 rings (SSSR count). The van der Waals surface area contributed by atoms with Crippen molar-refractivity contribution in [3.63, 3.8) is 0 Å². The topological polar surface area (TPSA) is 52.8 Å². The molecule has 152 valence electrons. The van der Waals surface area contributed by atoms with Gasteiger partial charge in [0.2, 0.25) is 5.88 Å². The van der Waals surface area contributed by atoms with Crippen LogP contribution in [0.25, 0.3) is 11.4 Å². The van der Waals surface area contributed by atoms with Crippen LogP contribution in [0.15, 0.2) is 36.8 Å². The molecule has 1 aliphatic rings. The van der Waals surface area contributed by atoms with Crippen molar-refractivity contribution < 1.29 is 17.9 Å². The van der Waals surface area contributed by atoms with Crippen molar-refractivity contribution in [2.45, 2.75) is 37.8 Å². The molecule has 0 saturated heterocycles. The zero-order chi connectivity index (χ0) is 20.6. The van der Waals surface area contributed by atoms with Gasteiger partial charge in [0, 0.05) is 30.3 Å². The van der Waals surface area contributed by atoms with Gasteiger partial charge in [-0.1, -0.05) is 24.3 Å². The van der Waals surface area contributed by atoms with Crippen LogP contribution in [0.1, 0.15) is 41.3 Å². The lowest BCUT2D eigenvalue weighted by molar-refractivity contribution is -0.140. The second-order valence-electron chi connectivity index (χ2n) is 7.28. The molecule has 0 bridgehead atoms. The van der Waals surface area contributed by atoms with Crippen LogP contribution in [0.2, 0.25) is 0 Å². The lowest BCUT2D eigenvalue weighted by Crippen LogP contribution is -2.05. The number of alkyl halides is 3. The summed E-state index contributed by atoms with van der Waals surface area (Å²) in [6.45, 7) is 0. The fourth-order valence-corrected chi connectivity index (χ4v) is 3.49. The minimum atomic E-state index is -4.45. The van der Waals surface area contributed by atoms with Crippen molar-refractivity contribution >= 4 is 0 Å². The van der Waals surface area contributed by atoms with Gasteiger partial charge in [0.1, 0.15) is 12.2 Å². The van der Waals surface area contributed by atoms with E-state index in [1.54, 1.807) is 32.6 Å². The Morgan fingerprint density at radius 2 is 1.83 bits per heavy atom. The third kappa shape index (κ3) is 4.11. The average molecular weight is 402 g/mol. The first-order valence-corrected chi connectivity index (χ1v) is 9.44. The van der Waals surface area contributed by atoms with Crippen LogP contribution in [-0.4, -0.2) is 26.6 Å². The molecule has 1 aliphatic carbocycles. The van der Waals surface area contributed by atoms with E-state index in [1.807, 2.05) is 12.1 Å². The normalized spacial score (nSPS) is 14.2. The highest BCUT2D eigenvalue weighted by Crippen LogP contribution is 2.42. The van der Waals surface area contributed by atoms with E-state index in [4.69, 9.17) is 4.74 Å². The first-order valence-electron chi connectivity index (χ1n) is 9.44. The van der Waals surface area contributed by atoms with E-state index < -0.39 is 11.9 Å². The van der Waals surface area contributed by atoms with Gasteiger partial charge in [0.15, 0.2) is 5.69 Å². The number of ether oxygens (including phenoxy) is 1. The Kier molecular flexibility index (Phi) is 5.02. The number of nitrogens with zero attached hydrogens (tertiary/aromatic N) is 4. The van der Waals surface area contributed by atoms with Crippen molar-refractivity contribution in [2.75, 3.05) is 7.11 Å². The van der Waals surface area contributed by atoms with E-state index >= 15 is 0 Å². The third-order valence-corrected chi connectivity index (χ3v) is 5.14. The molecule has 8 heteroatoms. The number of hydrogen-bond donors (Lipinski definition) is 0. The molecule has 0 atom stereocenters. The number of aromatic nitrogens is 4. The molecule has 5 nitrogen and oxygen atoms in total. The lowest BCUT2D eigenvalue weighted by atomic mass is 10.0. The maximum atomic E-state index is 12.9. The summed E-state index contributed by atoms with van der Waals surface area (Å²) in [5, 5.41) is 0. The summed E-state index contributed by atoms with van der Waals surface area (Å²) < 4.78 is 45.5. The number of methoxy groups -OCH3 is 1. The Bertz CT molecular complexity index is 1010. The van der Waals surface area contributed by atoms with Gasteiger partial charge in [-0.15, -0.1) is 0 Å². The van der Waals surface area contributed by atoms with E-state index in [9.17, 15) is 13.2 Å². The maximum absolute atomic E-state index is 12.9. The molecule has 0 unspecified atom stereocenters. The van der Waals surface area contributed by atoms with Crippen LogP contribution in [0.3, 0.4) is 0 Å². The Hall–Kier alpha value is -2.90. The number of benzene rings is 1. The average Bonchev–Trinajstić information content (AvgIpc) is 3.47. The van der Waals surface area contributed by atoms with Crippen molar-refractivity contribution in [1.29, 1.82) is 0 Å². The van der Waals surface area contributed by atoms with Crippen LogP contribution >= 0.6 is 0 Å². The summed E-state index contributed by atoms with van der Waals surface area (Å²) in [5.74, 6) is 1.40. The molecule has 2 aromatic heterocycles. The smallest absolute Gasteiger partial charge is 0.434 e. The summed E-state index contributed by atoms with van der Waals surface area (Å²) in [6, 6.07) is 7.45. The zero-order valence-electron chi connectivity index (χ0n) is 16.2. The molecule has 0 aliphatic heterocycles. The molecule has 1 fully saturated rings. The summed E-state index contributed by atoms with van der Waals surface area (Å²) >= 11 is 0.